The highest BCUT2D eigenvalue weighted by Gasteiger charge is 2.11. The minimum absolute atomic E-state index is 0.0717. The van der Waals surface area contributed by atoms with Crippen molar-refractivity contribution in [2.24, 2.45) is 0 Å². The lowest BCUT2D eigenvalue weighted by Crippen LogP contribution is -2.02. The molecule has 2 aromatic rings. The average molecular weight is 283 g/mol. The summed E-state index contributed by atoms with van der Waals surface area (Å²) in [5.74, 6) is -1.38. The Kier molecular flexibility index (Phi) is 4.12. The highest BCUT2D eigenvalue weighted by molar-refractivity contribution is 6.30. The summed E-state index contributed by atoms with van der Waals surface area (Å²) in [7, 11) is 0. The summed E-state index contributed by atoms with van der Waals surface area (Å²) >= 11 is 5.74. The van der Waals surface area contributed by atoms with E-state index >= 15 is 0 Å². The Balaban J connectivity index is 2.23. The first-order valence-electron chi connectivity index (χ1n) is 5.42. The maximum absolute atomic E-state index is 13.5. The summed E-state index contributed by atoms with van der Waals surface area (Å²) in [5, 5.41) is 0.351. The van der Waals surface area contributed by atoms with Gasteiger partial charge < -0.3 is 4.74 Å². The van der Waals surface area contributed by atoms with Crippen LogP contribution >= 0.6 is 11.6 Å². The molecule has 0 aliphatic rings. The molecule has 0 saturated carbocycles. The van der Waals surface area contributed by atoms with Crippen molar-refractivity contribution in [1.29, 1.82) is 0 Å². The van der Waals surface area contributed by atoms with Crippen LogP contribution in [-0.4, -0.2) is 6.29 Å². The van der Waals surface area contributed by atoms with Crippen molar-refractivity contribution in [3.05, 3.63) is 64.2 Å². The number of carbonyl (C=O) groups excluding carboxylic acids is 1. The van der Waals surface area contributed by atoms with Crippen LogP contribution in [0, 0.1) is 11.6 Å². The molecule has 0 saturated heterocycles. The molecular weight excluding hydrogens is 274 g/mol. The van der Waals surface area contributed by atoms with Gasteiger partial charge in [-0.15, -0.1) is 0 Å². The molecule has 0 unspecified atom stereocenters. The average Bonchev–Trinajstić information content (AvgIpc) is 2.40. The summed E-state index contributed by atoms with van der Waals surface area (Å²) < 4.78 is 32.1. The first kappa shape index (κ1) is 13.5. The van der Waals surface area contributed by atoms with E-state index in [2.05, 4.69) is 0 Å². The normalized spacial score (nSPS) is 10.3. The van der Waals surface area contributed by atoms with Crippen LogP contribution in [-0.2, 0) is 6.61 Å². The van der Waals surface area contributed by atoms with Crippen molar-refractivity contribution >= 4 is 17.9 Å². The number of para-hydroxylation sites is 1. The van der Waals surface area contributed by atoms with Crippen LogP contribution in [0.1, 0.15) is 15.9 Å². The predicted molar refractivity (Wildman–Crippen MR) is 67.5 cm³/mol. The molecule has 0 aromatic heterocycles. The number of carbonyl (C=O) groups is 1. The Morgan fingerprint density at radius 3 is 2.68 bits per heavy atom. The maximum Gasteiger partial charge on any atom is 0.165 e. The summed E-state index contributed by atoms with van der Waals surface area (Å²) in [6, 6.07) is 7.96. The second-order valence-corrected chi connectivity index (χ2v) is 4.24. The van der Waals surface area contributed by atoms with Crippen molar-refractivity contribution in [3.8, 4) is 5.75 Å². The number of hydrogen-bond acceptors (Lipinski definition) is 2. The van der Waals surface area contributed by atoms with Gasteiger partial charge in [0, 0.05) is 10.6 Å². The smallest absolute Gasteiger partial charge is 0.165 e. The van der Waals surface area contributed by atoms with Crippen molar-refractivity contribution < 1.29 is 18.3 Å². The number of hydrogen-bond donors (Lipinski definition) is 0. The number of rotatable bonds is 4. The molecule has 5 heteroatoms. The van der Waals surface area contributed by atoms with E-state index in [9.17, 15) is 13.6 Å². The van der Waals surface area contributed by atoms with Gasteiger partial charge >= 0.3 is 0 Å². The molecule has 0 bridgehead atoms. The lowest BCUT2D eigenvalue weighted by atomic mass is 10.2. The van der Waals surface area contributed by atoms with E-state index in [1.807, 2.05) is 0 Å². The van der Waals surface area contributed by atoms with E-state index in [0.29, 0.717) is 11.3 Å². The molecular formula is C14H9ClF2O2. The van der Waals surface area contributed by atoms with Crippen LogP contribution in [0.5, 0.6) is 5.75 Å². The third kappa shape index (κ3) is 3.09. The Morgan fingerprint density at radius 1 is 1.16 bits per heavy atom. The monoisotopic (exact) mass is 282 g/mol. The largest absolute Gasteiger partial charge is 0.485 e. The SMILES string of the molecule is O=Cc1cccc(F)c1OCc1cc(Cl)ccc1F. The third-order valence-corrected chi connectivity index (χ3v) is 2.74. The van der Waals surface area contributed by atoms with E-state index in [-0.39, 0.29) is 23.5 Å². The van der Waals surface area contributed by atoms with Gasteiger partial charge in [-0.3, -0.25) is 4.79 Å². The van der Waals surface area contributed by atoms with Gasteiger partial charge in [0.2, 0.25) is 0 Å². The van der Waals surface area contributed by atoms with Crippen LogP contribution < -0.4 is 4.74 Å². The van der Waals surface area contributed by atoms with Crippen molar-refractivity contribution in [1.82, 2.24) is 0 Å². The minimum Gasteiger partial charge on any atom is -0.485 e. The Bertz CT molecular complexity index is 614. The third-order valence-electron chi connectivity index (χ3n) is 2.50. The van der Waals surface area contributed by atoms with Gasteiger partial charge in [-0.25, -0.2) is 8.78 Å². The van der Waals surface area contributed by atoms with Crippen molar-refractivity contribution in [2.45, 2.75) is 6.61 Å². The molecule has 0 aliphatic heterocycles. The van der Waals surface area contributed by atoms with Crippen LogP contribution in [0.15, 0.2) is 36.4 Å². The predicted octanol–water partition coefficient (Wildman–Crippen LogP) is 4.01. The van der Waals surface area contributed by atoms with Gasteiger partial charge in [-0.1, -0.05) is 17.7 Å². The van der Waals surface area contributed by atoms with Crippen LogP contribution in [0.2, 0.25) is 5.02 Å². The van der Waals surface area contributed by atoms with Gasteiger partial charge in [0.1, 0.15) is 12.4 Å². The van der Waals surface area contributed by atoms with Crippen molar-refractivity contribution in [2.75, 3.05) is 0 Å². The molecule has 0 aliphatic carbocycles. The zero-order valence-electron chi connectivity index (χ0n) is 9.70. The minimum atomic E-state index is -0.674. The molecule has 19 heavy (non-hydrogen) atoms. The first-order valence-corrected chi connectivity index (χ1v) is 5.80. The van der Waals surface area contributed by atoms with Gasteiger partial charge in [-0.05, 0) is 30.3 Å². The lowest BCUT2D eigenvalue weighted by molar-refractivity contribution is 0.111. The van der Waals surface area contributed by atoms with E-state index in [1.165, 1.54) is 30.3 Å². The van der Waals surface area contributed by atoms with Crippen LogP contribution in [0.25, 0.3) is 0 Å². The van der Waals surface area contributed by atoms with E-state index < -0.39 is 11.6 Å². The number of benzene rings is 2. The Labute approximate surface area is 113 Å². The molecule has 2 nitrogen and oxygen atoms in total. The van der Waals surface area contributed by atoms with E-state index in [0.717, 1.165) is 6.07 Å². The molecule has 0 heterocycles. The Hall–Kier alpha value is -1.94. The Morgan fingerprint density at radius 2 is 1.95 bits per heavy atom. The quantitative estimate of drug-likeness (QED) is 0.792. The number of ether oxygens (including phenoxy) is 1. The van der Waals surface area contributed by atoms with E-state index in [1.54, 1.807) is 0 Å². The first-order chi connectivity index (χ1) is 9.11. The van der Waals surface area contributed by atoms with Crippen LogP contribution in [0.3, 0.4) is 0 Å². The molecule has 0 amide bonds. The number of halogens is 3. The summed E-state index contributed by atoms with van der Waals surface area (Å²) in [4.78, 5) is 10.8. The summed E-state index contributed by atoms with van der Waals surface area (Å²) in [5.41, 5.74) is 0.259. The molecule has 98 valence electrons. The zero-order chi connectivity index (χ0) is 13.8. The fraction of sp³-hybridized carbons (Fsp3) is 0.0714. The summed E-state index contributed by atoms with van der Waals surface area (Å²) in [6.07, 6.45) is 0.479. The molecule has 0 N–H and O–H groups in total. The second-order valence-electron chi connectivity index (χ2n) is 3.80. The molecule has 0 atom stereocenters. The molecule has 0 fully saturated rings. The zero-order valence-corrected chi connectivity index (χ0v) is 10.5. The molecule has 0 spiro atoms. The van der Waals surface area contributed by atoms with Crippen LogP contribution in [0.4, 0.5) is 8.78 Å². The summed E-state index contributed by atoms with van der Waals surface area (Å²) in [6.45, 7) is -0.214. The number of aldehydes is 1. The maximum atomic E-state index is 13.5. The highest BCUT2D eigenvalue weighted by Crippen LogP contribution is 2.23. The fourth-order valence-corrected chi connectivity index (χ4v) is 1.77. The van der Waals surface area contributed by atoms with Gasteiger partial charge in [0.05, 0.1) is 5.56 Å². The van der Waals surface area contributed by atoms with Crippen molar-refractivity contribution in [3.63, 3.8) is 0 Å². The standard InChI is InChI=1S/C14H9ClF2O2/c15-11-4-5-12(16)10(6-11)8-19-14-9(7-18)2-1-3-13(14)17/h1-7H,8H2. The fourth-order valence-electron chi connectivity index (χ4n) is 1.57. The molecule has 2 aromatic carbocycles. The molecule has 2 rings (SSSR count). The van der Waals surface area contributed by atoms with Gasteiger partial charge in [0.25, 0.3) is 0 Å². The lowest BCUT2D eigenvalue weighted by Gasteiger charge is -2.10. The topological polar surface area (TPSA) is 26.3 Å². The molecule has 0 radical (unpaired) electrons. The highest BCUT2D eigenvalue weighted by atomic mass is 35.5. The van der Waals surface area contributed by atoms with E-state index in [4.69, 9.17) is 16.3 Å². The van der Waals surface area contributed by atoms with Gasteiger partial charge in [0.15, 0.2) is 17.9 Å². The van der Waals surface area contributed by atoms with Gasteiger partial charge in [-0.2, -0.15) is 0 Å². The second kappa shape index (κ2) is 5.80.